The Morgan fingerprint density at radius 2 is 1.68 bits per heavy atom. The van der Waals surface area contributed by atoms with Crippen molar-refractivity contribution in [2.45, 2.75) is 33.6 Å². The molecule has 0 radical (unpaired) electrons. The smallest absolute Gasteiger partial charge is 0.320 e. The normalized spacial score (nSPS) is 13.4. The van der Waals surface area contributed by atoms with Gasteiger partial charge in [-0.25, -0.2) is 0 Å². The SMILES string of the molecule is C=CC(C)(CCC=C(C)C)C(C(=O)OC)C(=O)OC. The zero-order valence-electron chi connectivity index (χ0n) is 12.5. The highest BCUT2D eigenvalue weighted by Gasteiger charge is 2.43. The second-order valence-corrected chi connectivity index (χ2v) is 5.01. The third kappa shape index (κ3) is 4.89. The van der Waals surface area contributed by atoms with Crippen molar-refractivity contribution < 1.29 is 19.1 Å². The van der Waals surface area contributed by atoms with Gasteiger partial charge in [0.05, 0.1) is 14.2 Å². The predicted octanol–water partition coefficient (Wildman–Crippen LogP) is 2.89. The van der Waals surface area contributed by atoms with Crippen molar-refractivity contribution in [1.82, 2.24) is 0 Å². The summed E-state index contributed by atoms with van der Waals surface area (Å²) in [6.07, 6.45) is 5.07. The number of carbonyl (C=O) groups is 2. The van der Waals surface area contributed by atoms with Gasteiger partial charge >= 0.3 is 11.9 Å². The summed E-state index contributed by atoms with van der Waals surface area (Å²) in [5.41, 5.74) is 0.505. The van der Waals surface area contributed by atoms with Gasteiger partial charge in [-0.3, -0.25) is 9.59 Å². The van der Waals surface area contributed by atoms with E-state index in [9.17, 15) is 9.59 Å². The number of methoxy groups -OCH3 is 2. The van der Waals surface area contributed by atoms with Gasteiger partial charge in [0.15, 0.2) is 5.92 Å². The average molecular weight is 268 g/mol. The molecule has 0 bridgehead atoms. The Balaban J connectivity index is 5.20. The van der Waals surface area contributed by atoms with Crippen molar-refractivity contribution in [3.63, 3.8) is 0 Å². The minimum Gasteiger partial charge on any atom is -0.468 e. The molecule has 19 heavy (non-hydrogen) atoms. The van der Waals surface area contributed by atoms with E-state index in [-0.39, 0.29) is 0 Å². The molecule has 0 rings (SSSR count). The Morgan fingerprint density at radius 3 is 2.00 bits per heavy atom. The highest BCUT2D eigenvalue weighted by Crippen LogP contribution is 2.36. The summed E-state index contributed by atoms with van der Waals surface area (Å²) >= 11 is 0. The fourth-order valence-electron chi connectivity index (χ4n) is 1.91. The first kappa shape index (κ1) is 17.4. The Bertz CT molecular complexity index is 350. The lowest BCUT2D eigenvalue weighted by molar-refractivity contribution is -0.163. The summed E-state index contributed by atoms with van der Waals surface area (Å²) in [6, 6.07) is 0. The van der Waals surface area contributed by atoms with Gasteiger partial charge < -0.3 is 9.47 Å². The molecule has 0 saturated heterocycles. The van der Waals surface area contributed by atoms with E-state index in [0.29, 0.717) is 6.42 Å². The highest BCUT2D eigenvalue weighted by atomic mass is 16.5. The molecule has 0 heterocycles. The van der Waals surface area contributed by atoms with Crippen molar-refractivity contribution in [2.75, 3.05) is 14.2 Å². The third-order valence-electron chi connectivity index (χ3n) is 3.24. The van der Waals surface area contributed by atoms with E-state index in [4.69, 9.17) is 9.47 Å². The van der Waals surface area contributed by atoms with E-state index in [1.54, 1.807) is 6.08 Å². The van der Waals surface area contributed by atoms with Crippen molar-refractivity contribution in [3.05, 3.63) is 24.3 Å². The number of esters is 2. The molecule has 0 aromatic carbocycles. The number of allylic oxidation sites excluding steroid dienone is 3. The van der Waals surface area contributed by atoms with Crippen LogP contribution in [0.25, 0.3) is 0 Å². The van der Waals surface area contributed by atoms with Crippen LogP contribution >= 0.6 is 0 Å². The van der Waals surface area contributed by atoms with Crippen molar-refractivity contribution >= 4 is 11.9 Å². The molecule has 4 nitrogen and oxygen atoms in total. The highest BCUT2D eigenvalue weighted by molar-refractivity contribution is 5.96. The molecule has 0 aliphatic rings. The second kappa shape index (κ2) is 7.77. The molecule has 0 aliphatic carbocycles. The van der Waals surface area contributed by atoms with E-state index in [1.807, 2.05) is 20.8 Å². The molecule has 0 aromatic rings. The number of ether oxygens (including phenoxy) is 2. The lowest BCUT2D eigenvalue weighted by Gasteiger charge is -2.31. The molecule has 1 unspecified atom stereocenters. The van der Waals surface area contributed by atoms with Gasteiger partial charge in [0, 0.05) is 5.41 Å². The molecule has 108 valence electrons. The maximum atomic E-state index is 11.8. The summed E-state index contributed by atoms with van der Waals surface area (Å²) in [6.45, 7) is 9.57. The molecule has 0 aliphatic heterocycles. The van der Waals surface area contributed by atoms with E-state index >= 15 is 0 Å². The zero-order valence-corrected chi connectivity index (χ0v) is 12.5. The van der Waals surface area contributed by atoms with Gasteiger partial charge in [0.2, 0.25) is 0 Å². The summed E-state index contributed by atoms with van der Waals surface area (Å²) in [4.78, 5) is 23.7. The lowest BCUT2D eigenvalue weighted by Crippen LogP contribution is -2.39. The monoisotopic (exact) mass is 268 g/mol. The van der Waals surface area contributed by atoms with Gasteiger partial charge in [0.25, 0.3) is 0 Å². The summed E-state index contributed by atoms with van der Waals surface area (Å²) in [7, 11) is 2.52. The predicted molar refractivity (Wildman–Crippen MR) is 74.5 cm³/mol. The van der Waals surface area contributed by atoms with Crippen LogP contribution in [0.4, 0.5) is 0 Å². The fourth-order valence-corrected chi connectivity index (χ4v) is 1.91. The fraction of sp³-hybridized carbons (Fsp3) is 0.600. The van der Waals surface area contributed by atoms with E-state index in [1.165, 1.54) is 19.8 Å². The molecule has 1 atom stereocenters. The van der Waals surface area contributed by atoms with Gasteiger partial charge in [-0.1, -0.05) is 24.6 Å². The number of rotatable bonds is 7. The van der Waals surface area contributed by atoms with Crippen LogP contribution < -0.4 is 0 Å². The molecule has 0 saturated carbocycles. The molecule has 0 spiro atoms. The van der Waals surface area contributed by atoms with Crippen LogP contribution in [0.2, 0.25) is 0 Å². The van der Waals surface area contributed by atoms with Crippen LogP contribution in [0.15, 0.2) is 24.3 Å². The van der Waals surface area contributed by atoms with Crippen molar-refractivity contribution in [3.8, 4) is 0 Å². The van der Waals surface area contributed by atoms with E-state index in [2.05, 4.69) is 12.7 Å². The Labute approximate surface area is 115 Å². The zero-order chi connectivity index (χ0) is 15.1. The topological polar surface area (TPSA) is 52.6 Å². The Kier molecular flexibility index (Phi) is 7.12. The average Bonchev–Trinajstić information content (AvgIpc) is 2.37. The van der Waals surface area contributed by atoms with Crippen molar-refractivity contribution in [1.29, 1.82) is 0 Å². The summed E-state index contributed by atoms with van der Waals surface area (Å²) < 4.78 is 9.42. The number of hydrogen-bond donors (Lipinski definition) is 0. The maximum absolute atomic E-state index is 11.8. The van der Waals surface area contributed by atoms with E-state index < -0.39 is 23.3 Å². The van der Waals surface area contributed by atoms with Gasteiger partial charge in [0.1, 0.15) is 0 Å². The van der Waals surface area contributed by atoms with Crippen LogP contribution in [-0.4, -0.2) is 26.2 Å². The van der Waals surface area contributed by atoms with Crippen molar-refractivity contribution in [2.24, 2.45) is 11.3 Å². The minimum atomic E-state index is -0.981. The number of hydrogen-bond acceptors (Lipinski definition) is 4. The summed E-state index contributed by atoms with van der Waals surface area (Å²) in [5, 5.41) is 0. The quantitative estimate of drug-likeness (QED) is 0.405. The first-order valence-corrected chi connectivity index (χ1v) is 6.25. The van der Waals surface area contributed by atoms with Gasteiger partial charge in [-0.05, 0) is 26.7 Å². The second-order valence-electron chi connectivity index (χ2n) is 5.01. The standard InChI is InChI=1S/C15H24O4/c1-7-15(4,10-8-9-11(2)3)12(13(16)18-5)14(17)19-6/h7,9,12H,1,8,10H2,2-6H3. The summed E-state index contributed by atoms with van der Waals surface area (Å²) in [5.74, 6) is -2.16. The van der Waals surface area contributed by atoms with E-state index in [0.717, 1.165) is 6.42 Å². The molecule has 4 heteroatoms. The van der Waals surface area contributed by atoms with Crippen LogP contribution in [0.5, 0.6) is 0 Å². The van der Waals surface area contributed by atoms with Crippen LogP contribution in [0.1, 0.15) is 33.6 Å². The van der Waals surface area contributed by atoms with Crippen LogP contribution in [0, 0.1) is 11.3 Å². The molecule has 0 N–H and O–H groups in total. The largest absolute Gasteiger partial charge is 0.468 e. The molecule has 0 aromatic heterocycles. The lowest BCUT2D eigenvalue weighted by atomic mass is 9.73. The first-order valence-electron chi connectivity index (χ1n) is 6.25. The first-order chi connectivity index (χ1) is 8.82. The maximum Gasteiger partial charge on any atom is 0.320 e. The molecule has 0 fully saturated rings. The Hall–Kier alpha value is -1.58. The number of carbonyl (C=O) groups excluding carboxylic acids is 2. The van der Waals surface area contributed by atoms with Crippen LogP contribution in [-0.2, 0) is 19.1 Å². The minimum absolute atomic E-state index is 0.591. The molecule has 0 amide bonds. The van der Waals surface area contributed by atoms with Crippen LogP contribution in [0.3, 0.4) is 0 Å². The Morgan fingerprint density at radius 1 is 1.21 bits per heavy atom. The molecular weight excluding hydrogens is 244 g/mol. The third-order valence-corrected chi connectivity index (χ3v) is 3.24. The van der Waals surface area contributed by atoms with Gasteiger partial charge in [-0.2, -0.15) is 0 Å². The molecular formula is C15H24O4. The van der Waals surface area contributed by atoms with Gasteiger partial charge in [-0.15, -0.1) is 6.58 Å².